The molecule has 7 nitrogen and oxygen atoms in total. The van der Waals surface area contributed by atoms with Crippen molar-refractivity contribution >= 4 is 23.3 Å². The van der Waals surface area contributed by atoms with Crippen LogP contribution in [0.1, 0.15) is 12.8 Å². The summed E-state index contributed by atoms with van der Waals surface area (Å²) in [5.74, 6) is 0. The Kier molecular flexibility index (Phi) is 4.55. The number of hydrogen-bond acceptors (Lipinski definition) is 4. The first-order valence-corrected chi connectivity index (χ1v) is 9.15. The lowest BCUT2D eigenvalue weighted by molar-refractivity contribution is 0.189. The van der Waals surface area contributed by atoms with E-state index in [1.807, 2.05) is 35.2 Å². The van der Waals surface area contributed by atoms with E-state index in [2.05, 4.69) is 15.3 Å². The minimum atomic E-state index is -0.337. The van der Waals surface area contributed by atoms with Crippen molar-refractivity contribution in [2.75, 3.05) is 31.1 Å². The van der Waals surface area contributed by atoms with Crippen molar-refractivity contribution in [3.63, 3.8) is 0 Å². The summed E-state index contributed by atoms with van der Waals surface area (Å²) in [4.78, 5) is 28.6. The van der Waals surface area contributed by atoms with E-state index in [-0.39, 0.29) is 22.7 Å². The number of nitrogens with one attached hydrogen (secondary N) is 1. The molecule has 1 N–H and O–H groups in total. The van der Waals surface area contributed by atoms with E-state index < -0.39 is 0 Å². The fourth-order valence-corrected chi connectivity index (χ4v) is 3.91. The molecule has 2 aromatic rings. The van der Waals surface area contributed by atoms with Gasteiger partial charge in [0.05, 0.1) is 23.6 Å². The monoisotopic (exact) mass is 373 g/mol. The second kappa shape index (κ2) is 6.99. The van der Waals surface area contributed by atoms with Crippen molar-refractivity contribution in [1.29, 1.82) is 0 Å². The third-order valence-electron chi connectivity index (χ3n) is 4.97. The summed E-state index contributed by atoms with van der Waals surface area (Å²) in [7, 11) is 0. The van der Waals surface area contributed by atoms with E-state index in [1.165, 1.54) is 4.68 Å². The first-order valence-electron chi connectivity index (χ1n) is 8.78. The van der Waals surface area contributed by atoms with Crippen LogP contribution in [0.3, 0.4) is 0 Å². The van der Waals surface area contributed by atoms with Crippen molar-refractivity contribution < 1.29 is 4.79 Å². The fourth-order valence-electron chi connectivity index (χ4n) is 3.66. The molecule has 1 unspecified atom stereocenters. The molecule has 0 aliphatic carbocycles. The molecule has 1 aromatic carbocycles. The molecule has 2 amide bonds. The highest BCUT2D eigenvalue weighted by atomic mass is 35.5. The third kappa shape index (κ3) is 3.03. The number of aromatic nitrogens is 2. The highest BCUT2D eigenvalue weighted by Gasteiger charge is 2.32. The van der Waals surface area contributed by atoms with Crippen LogP contribution in [0.15, 0.2) is 41.3 Å². The topological polar surface area (TPSA) is 70.5 Å². The van der Waals surface area contributed by atoms with E-state index >= 15 is 0 Å². The highest BCUT2D eigenvalue weighted by Crippen LogP contribution is 2.27. The Bertz CT molecular complexity index is 870. The Morgan fingerprint density at radius 3 is 2.69 bits per heavy atom. The van der Waals surface area contributed by atoms with E-state index in [1.54, 1.807) is 6.20 Å². The molecular weight excluding hydrogens is 354 g/mol. The first-order chi connectivity index (χ1) is 12.6. The van der Waals surface area contributed by atoms with E-state index in [0.29, 0.717) is 24.5 Å². The summed E-state index contributed by atoms with van der Waals surface area (Å²) >= 11 is 6.41. The van der Waals surface area contributed by atoms with Crippen LogP contribution >= 0.6 is 11.6 Å². The van der Waals surface area contributed by atoms with Gasteiger partial charge in [-0.05, 0) is 25.0 Å². The molecule has 2 aliphatic heterocycles. The number of halogens is 1. The van der Waals surface area contributed by atoms with Crippen LogP contribution in [0.2, 0.25) is 5.02 Å². The SMILES string of the molecule is O=C1NCCN1C1CCCN(c2cnn(-c3ccccc3)c(=O)c2Cl)C1. The molecule has 0 radical (unpaired) electrons. The van der Waals surface area contributed by atoms with Gasteiger partial charge in [-0.1, -0.05) is 29.8 Å². The minimum Gasteiger partial charge on any atom is -0.367 e. The molecule has 0 saturated carbocycles. The van der Waals surface area contributed by atoms with Crippen molar-refractivity contribution in [3.05, 3.63) is 51.9 Å². The summed E-state index contributed by atoms with van der Waals surface area (Å²) < 4.78 is 1.31. The Morgan fingerprint density at radius 2 is 1.96 bits per heavy atom. The molecule has 8 heteroatoms. The Morgan fingerprint density at radius 1 is 1.15 bits per heavy atom. The lowest BCUT2D eigenvalue weighted by Gasteiger charge is -2.38. The van der Waals surface area contributed by atoms with Gasteiger partial charge in [0.15, 0.2) is 0 Å². The maximum absolute atomic E-state index is 12.7. The lowest BCUT2D eigenvalue weighted by Crippen LogP contribution is -2.49. The Labute approximate surface area is 156 Å². The second-order valence-electron chi connectivity index (χ2n) is 6.56. The summed E-state index contributed by atoms with van der Waals surface area (Å²) in [6.45, 7) is 2.86. The van der Waals surface area contributed by atoms with Crippen LogP contribution in [0.4, 0.5) is 10.5 Å². The van der Waals surface area contributed by atoms with Gasteiger partial charge >= 0.3 is 6.03 Å². The molecule has 0 bridgehead atoms. The average Bonchev–Trinajstić information content (AvgIpc) is 3.11. The quantitative estimate of drug-likeness (QED) is 0.891. The number of piperidine rings is 1. The zero-order chi connectivity index (χ0) is 18.1. The van der Waals surface area contributed by atoms with Crippen LogP contribution in [-0.4, -0.2) is 52.9 Å². The molecule has 2 aliphatic rings. The van der Waals surface area contributed by atoms with Crippen molar-refractivity contribution in [3.8, 4) is 5.69 Å². The molecule has 2 fully saturated rings. The van der Waals surface area contributed by atoms with Gasteiger partial charge in [-0.15, -0.1) is 0 Å². The van der Waals surface area contributed by atoms with E-state index in [4.69, 9.17) is 11.6 Å². The van der Waals surface area contributed by atoms with Gasteiger partial charge in [0.25, 0.3) is 5.56 Å². The zero-order valence-corrected chi connectivity index (χ0v) is 15.0. The number of benzene rings is 1. The maximum Gasteiger partial charge on any atom is 0.317 e. The third-order valence-corrected chi connectivity index (χ3v) is 5.32. The van der Waals surface area contributed by atoms with Gasteiger partial charge in [0.2, 0.25) is 0 Å². The second-order valence-corrected chi connectivity index (χ2v) is 6.94. The lowest BCUT2D eigenvalue weighted by atomic mass is 10.0. The number of carbonyl (C=O) groups excluding carboxylic acids is 1. The molecule has 1 aromatic heterocycles. The standard InChI is InChI=1S/C18H20ClN5O2/c19-16-15(11-21-24(17(16)25)13-5-2-1-3-6-13)22-9-4-7-14(12-22)23-10-8-20-18(23)26/h1-3,5-6,11,14H,4,7-10,12H2,(H,20,26). The number of rotatable bonds is 3. The zero-order valence-electron chi connectivity index (χ0n) is 14.3. The largest absolute Gasteiger partial charge is 0.367 e. The van der Waals surface area contributed by atoms with Gasteiger partial charge in [-0.2, -0.15) is 9.78 Å². The number of nitrogens with zero attached hydrogens (tertiary/aromatic N) is 4. The molecule has 0 spiro atoms. The number of amides is 2. The van der Waals surface area contributed by atoms with Crippen molar-refractivity contribution in [1.82, 2.24) is 20.0 Å². The number of carbonyl (C=O) groups is 1. The smallest absolute Gasteiger partial charge is 0.317 e. The van der Waals surface area contributed by atoms with Gasteiger partial charge < -0.3 is 15.1 Å². The van der Waals surface area contributed by atoms with Gasteiger partial charge in [-0.3, -0.25) is 4.79 Å². The Hall–Kier alpha value is -2.54. The fraction of sp³-hybridized carbons (Fsp3) is 0.389. The average molecular weight is 374 g/mol. The van der Waals surface area contributed by atoms with Crippen molar-refractivity contribution in [2.24, 2.45) is 0 Å². The van der Waals surface area contributed by atoms with E-state index in [9.17, 15) is 9.59 Å². The predicted molar refractivity (Wildman–Crippen MR) is 100 cm³/mol. The van der Waals surface area contributed by atoms with Crippen molar-refractivity contribution in [2.45, 2.75) is 18.9 Å². The maximum atomic E-state index is 12.7. The Balaban J connectivity index is 1.60. The summed E-state index contributed by atoms with van der Waals surface area (Å²) in [5.41, 5.74) is 0.973. The normalized spacial score (nSPS) is 20.3. The number of para-hydroxylation sites is 1. The van der Waals surface area contributed by atoms with Crippen LogP contribution in [0.25, 0.3) is 5.69 Å². The molecular formula is C18H20ClN5O2. The van der Waals surface area contributed by atoms with Crippen LogP contribution in [0, 0.1) is 0 Å². The number of hydrogen-bond donors (Lipinski definition) is 1. The molecule has 136 valence electrons. The molecule has 3 heterocycles. The molecule has 2 saturated heterocycles. The van der Waals surface area contributed by atoms with Crippen LogP contribution in [-0.2, 0) is 0 Å². The van der Waals surface area contributed by atoms with Crippen LogP contribution in [0.5, 0.6) is 0 Å². The van der Waals surface area contributed by atoms with E-state index in [0.717, 1.165) is 25.9 Å². The summed E-state index contributed by atoms with van der Waals surface area (Å²) in [6.07, 6.45) is 3.53. The molecule has 1 atom stereocenters. The van der Waals surface area contributed by atoms with Crippen LogP contribution < -0.4 is 15.8 Å². The number of anilines is 1. The molecule has 4 rings (SSSR count). The minimum absolute atomic E-state index is 0.0134. The number of urea groups is 1. The highest BCUT2D eigenvalue weighted by molar-refractivity contribution is 6.33. The molecule has 26 heavy (non-hydrogen) atoms. The summed E-state index contributed by atoms with van der Waals surface area (Å²) in [6, 6.07) is 9.32. The first kappa shape index (κ1) is 16.9. The van der Waals surface area contributed by atoms with Gasteiger partial charge in [-0.25, -0.2) is 4.79 Å². The van der Waals surface area contributed by atoms with Gasteiger partial charge in [0, 0.05) is 26.2 Å². The van der Waals surface area contributed by atoms with Gasteiger partial charge in [0.1, 0.15) is 5.02 Å². The summed E-state index contributed by atoms with van der Waals surface area (Å²) in [5, 5.41) is 7.31. The predicted octanol–water partition coefficient (Wildman–Crippen LogP) is 1.88.